The average Bonchev–Trinajstić information content (AvgIpc) is 3.39. The highest BCUT2D eigenvalue weighted by Gasteiger charge is 2.23. The Balaban J connectivity index is 1.70. The molecule has 0 saturated carbocycles. The van der Waals surface area contributed by atoms with E-state index in [4.69, 9.17) is 4.98 Å². The van der Waals surface area contributed by atoms with Gasteiger partial charge >= 0.3 is 0 Å². The summed E-state index contributed by atoms with van der Waals surface area (Å²) in [5.74, 6) is 0.866. The molecule has 1 N–H and O–H groups in total. The number of aromatic amines is 1. The molecule has 4 heterocycles. The molecule has 7 heteroatoms. The Morgan fingerprint density at radius 3 is 2.62 bits per heavy atom. The number of aldehydes is 1. The first kappa shape index (κ1) is 14.8. The van der Waals surface area contributed by atoms with Crippen molar-refractivity contribution in [2.75, 3.05) is 4.90 Å². The molecular formula is C19H16N6O. The Morgan fingerprint density at radius 2 is 1.96 bits per heavy atom. The second-order valence-corrected chi connectivity index (χ2v) is 6.47. The first-order valence-electron chi connectivity index (χ1n) is 8.41. The number of carbonyl (C=O) groups excluding carboxylic acids is 1. The van der Waals surface area contributed by atoms with E-state index in [1.807, 2.05) is 19.2 Å². The SMILES string of the molecule is Cc1c(C=O)nn2c(-c3cn[nH]c3)cc(N3Cc4ccccc4C3)nc12. The normalized spacial score (nSPS) is 13.3. The third-order valence-electron chi connectivity index (χ3n) is 4.91. The third-order valence-corrected chi connectivity index (χ3v) is 4.91. The van der Waals surface area contributed by atoms with Crippen molar-refractivity contribution in [3.63, 3.8) is 0 Å². The van der Waals surface area contributed by atoms with Gasteiger partial charge in [-0.25, -0.2) is 9.50 Å². The standard InChI is InChI=1S/C19H16N6O/c1-12-16(11-26)23-25-17(15-7-20-21-8-15)6-18(22-19(12)25)24-9-13-4-2-3-5-14(13)10-24/h2-8,11H,9-10H2,1H3,(H,20,21). The highest BCUT2D eigenvalue weighted by molar-refractivity contribution is 5.80. The molecule has 1 aromatic carbocycles. The van der Waals surface area contributed by atoms with E-state index in [2.05, 4.69) is 44.5 Å². The van der Waals surface area contributed by atoms with Crippen molar-refractivity contribution in [1.82, 2.24) is 24.8 Å². The zero-order valence-corrected chi connectivity index (χ0v) is 14.2. The largest absolute Gasteiger partial charge is 0.348 e. The minimum Gasteiger partial charge on any atom is -0.348 e. The highest BCUT2D eigenvalue weighted by atomic mass is 16.1. The number of aromatic nitrogens is 5. The van der Waals surface area contributed by atoms with E-state index in [0.29, 0.717) is 11.3 Å². The Bertz CT molecular complexity index is 1100. The Kier molecular flexibility index (Phi) is 3.15. The molecule has 3 aromatic heterocycles. The number of carbonyl (C=O) groups is 1. The lowest BCUT2D eigenvalue weighted by Gasteiger charge is -2.18. The summed E-state index contributed by atoms with van der Waals surface area (Å²) in [7, 11) is 0. The number of aryl methyl sites for hydroxylation is 1. The second-order valence-electron chi connectivity index (χ2n) is 6.47. The van der Waals surface area contributed by atoms with Gasteiger partial charge in [0, 0.05) is 36.5 Å². The minimum atomic E-state index is 0.407. The van der Waals surface area contributed by atoms with E-state index in [-0.39, 0.29) is 0 Å². The summed E-state index contributed by atoms with van der Waals surface area (Å²) in [6.45, 7) is 3.51. The Hall–Kier alpha value is -3.48. The van der Waals surface area contributed by atoms with Crippen LogP contribution in [0.15, 0.2) is 42.7 Å². The minimum absolute atomic E-state index is 0.407. The smallest absolute Gasteiger partial charge is 0.170 e. The summed E-state index contributed by atoms with van der Waals surface area (Å²) in [6.07, 6.45) is 4.33. The number of benzene rings is 1. The number of nitrogens with zero attached hydrogens (tertiary/aromatic N) is 5. The zero-order valence-electron chi connectivity index (χ0n) is 14.2. The van der Waals surface area contributed by atoms with Crippen molar-refractivity contribution in [3.05, 3.63) is 65.1 Å². The van der Waals surface area contributed by atoms with Crippen LogP contribution >= 0.6 is 0 Å². The predicted molar refractivity (Wildman–Crippen MR) is 97.0 cm³/mol. The molecule has 1 aliphatic rings. The lowest BCUT2D eigenvalue weighted by molar-refractivity contribution is 0.111. The number of rotatable bonds is 3. The van der Waals surface area contributed by atoms with Gasteiger partial charge < -0.3 is 4.90 Å². The fraction of sp³-hybridized carbons (Fsp3) is 0.158. The van der Waals surface area contributed by atoms with Crippen LogP contribution in [0.3, 0.4) is 0 Å². The van der Waals surface area contributed by atoms with E-state index in [1.165, 1.54) is 11.1 Å². The van der Waals surface area contributed by atoms with E-state index < -0.39 is 0 Å². The second kappa shape index (κ2) is 5.52. The Labute approximate surface area is 149 Å². The van der Waals surface area contributed by atoms with Crippen LogP contribution in [0.2, 0.25) is 0 Å². The number of nitrogens with one attached hydrogen (secondary N) is 1. The molecule has 0 aliphatic carbocycles. The van der Waals surface area contributed by atoms with Gasteiger partial charge in [0.25, 0.3) is 0 Å². The van der Waals surface area contributed by atoms with Crippen LogP contribution in [0, 0.1) is 6.92 Å². The van der Waals surface area contributed by atoms with Crippen molar-refractivity contribution in [1.29, 1.82) is 0 Å². The molecule has 0 amide bonds. The van der Waals surface area contributed by atoms with Crippen LogP contribution in [0.4, 0.5) is 5.82 Å². The van der Waals surface area contributed by atoms with Crippen molar-refractivity contribution >= 4 is 17.8 Å². The third kappa shape index (κ3) is 2.13. The zero-order chi connectivity index (χ0) is 17.7. The summed E-state index contributed by atoms with van der Waals surface area (Å²) in [5, 5.41) is 11.3. The van der Waals surface area contributed by atoms with Crippen LogP contribution < -0.4 is 4.90 Å². The summed E-state index contributed by atoms with van der Waals surface area (Å²) < 4.78 is 1.72. The van der Waals surface area contributed by atoms with Gasteiger partial charge in [0.2, 0.25) is 0 Å². The number of anilines is 1. The molecule has 1 aliphatic heterocycles. The molecule has 128 valence electrons. The number of hydrogen-bond acceptors (Lipinski definition) is 5. The molecule has 0 fully saturated rings. The van der Waals surface area contributed by atoms with Crippen molar-refractivity contribution in [3.8, 4) is 11.3 Å². The first-order chi connectivity index (χ1) is 12.7. The monoisotopic (exact) mass is 344 g/mol. The van der Waals surface area contributed by atoms with Gasteiger partial charge in [-0.3, -0.25) is 9.89 Å². The van der Waals surface area contributed by atoms with E-state index in [0.717, 1.165) is 42.0 Å². The van der Waals surface area contributed by atoms with Gasteiger partial charge in [0.1, 0.15) is 11.5 Å². The van der Waals surface area contributed by atoms with Crippen molar-refractivity contribution in [2.45, 2.75) is 20.0 Å². The maximum atomic E-state index is 11.4. The van der Waals surface area contributed by atoms with E-state index in [9.17, 15) is 4.79 Å². The van der Waals surface area contributed by atoms with Crippen LogP contribution in [0.25, 0.3) is 16.9 Å². The molecule has 0 unspecified atom stereocenters. The van der Waals surface area contributed by atoms with Crippen LogP contribution in [-0.2, 0) is 13.1 Å². The lowest BCUT2D eigenvalue weighted by atomic mass is 10.1. The molecule has 4 aromatic rings. The van der Waals surface area contributed by atoms with Gasteiger partial charge in [0.05, 0.1) is 11.9 Å². The highest BCUT2D eigenvalue weighted by Crippen LogP contribution is 2.31. The average molecular weight is 344 g/mol. The number of H-pyrrole nitrogens is 1. The quantitative estimate of drug-likeness (QED) is 0.578. The lowest BCUT2D eigenvalue weighted by Crippen LogP contribution is -2.17. The predicted octanol–water partition coefficient (Wildman–Crippen LogP) is 2.76. The Morgan fingerprint density at radius 1 is 1.19 bits per heavy atom. The molecule has 0 radical (unpaired) electrons. The van der Waals surface area contributed by atoms with Gasteiger partial charge in [-0.05, 0) is 18.1 Å². The molecule has 0 spiro atoms. The molecule has 7 nitrogen and oxygen atoms in total. The van der Waals surface area contributed by atoms with Crippen molar-refractivity contribution < 1.29 is 4.79 Å². The van der Waals surface area contributed by atoms with E-state index in [1.54, 1.807) is 10.7 Å². The molecule has 26 heavy (non-hydrogen) atoms. The number of hydrogen-bond donors (Lipinski definition) is 1. The fourth-order valence-corrected chi connectivity index (χ4v) is 3.49. The summed E-state index contributed by atoms with van der Waals surface area (Å²) in [5.41, 5.74) is 6.26. The van der Waals surface area contributed by atoms with Crippen LogP contribution in [-0.4, -0.2) is 31.1 Å². The van der Waals surface area contributed by atoms with E-state index >= 15 is 0 Å². The molecule has 0 saturated heterocycles. The maximum absolute atomic E-state index is 11.4. The molecule has 0 bridgehead atoms. The topological polar surface area (TPSA) is 79.2 Å². The van der Waals surface area contributed by atoms with Crippen LogP contribution in [0.5, 0.6) is 0 Å². The summed E-state index contributed by atoms with van der Waals surface area (Å²) in [6, 6.07) is 10.4. The van der Waals surface area contributed by atoms with Crippen molar-refractivity contribution in [2.24, 2.45) is 0 Å². The van der Waals surface area contributed by atoms with Gasteiger partial charge in [-0.1, -0.05) is 24.3 Å². The van der Waals surface area contributed by atoms with Gasteiger partial charge in [-0.2, -0.15) is 10.2 Å². The summed E-state index contributed by atoms with van der Waals surface area (Å²) >= 11 is 0. The molecule has 0 atom stereocenters. The first-order valence-corrected chi connectivity index (χ1v) is 8.41. The number of fused-ring (bicyclic) bond motifs is 2. The molecule has 5 rings (SSSR count). The summed E-state index contributed by atoms with van der Waals surface area (Å²) in [4.78, 5) is 18.4. The fourth-order valence-electron chi connectivity index (χ4n) is 3.49. The van der Waals surface area contributed by atoms with Gasteiger partial charge in [-0.15, -0.1) is 0 Å². The molecular weight excluding hydrogens is 328 g/mol. The maximum Gasteiger partial charge on any atom is 0.170 e. The van der Waals surface area contributed by atoms with Gasteiger partial charge in [0.15, 0.2) is 11.9 Å². The van der Waals surface area contributed by atoms with Crippen LogP contribution in [0.1, 0.15) is 27.2 Å².